The third-order valence-corrected chi connectivity index (χ3v) is 4.25. The van der Waals surface area contributed by atoms with Crippen LogP contribution in [0.2, 0.25) is 0 Å². The third-order valence-electron chi connectivity index (χ3n) is 4.25. The molecule has 3 heteroatoms. The number of para-hydroxylation sites is 1. The van der Waals surface area contributed by atoms with E-state index in [4.69, 9.17) is 9.40 Å². The average Bonchev–Trinajstić information content (AvgIpc) is 3.03. The summed E-state index contributed by atoms with van der Waals surface area (Å²) >= 11 is 0. The Balaban J connectivity index is 1.79. The van der Waals surface area contributed by atoms with Gasteiger partial charge in [0.05, 0.1) is 5.92 Å². The van der Waals surface area contributed by atoms with Gasteiger partial charge >= 0.3 is 0 Å². The maximum atomic E-state index is 5.93. The molecule has 3 heterocycles. The zero-order valence-corrected chi connectivity index (χ0v) is 9.94. The minimum Gasteiger partial charge on any atom is -0.440 e. The molecule has 0 aliphatic carbocycles. The van der Waals surface area contributed by atoms with E-state index in [-0.39, 0.29) is 0 Å². The van der Waals surface area contributed by atoms with Gasteiger partial charge in [-0.25, -0.2) is 4.98 Å². The summed E-state index contributed by atoms with van der Waals surface area (Å²) in [6.07, 6.45) is 3.78. The van der Waals surface area contributed by atoms with Gasteiger partial charge in [-0.3, -0.25) is 0 Å². The van der Waals surface area contributed by atoms with Crippen LogP contribution in [-0.4, -0.2) is 17.1 Å². The average molecular weight is 228 g/mol. The molecule has 4 rings (SSSR count). The Kier molecular flexibility index (Phi) is 1.89. The number of nitrogens with one attached hydrogen (secondary N) is 1. The molecular weight excluding hydrogens is 212 g/mol. The van der Waals surface area contributed by atoms with E-state index in [2.05, 4.69) is 18.3 Å². The van der Waals surface area contributed by atoms with Crippen LogP contribution in [0.15, 0.2) is 22.6 Å². The number of oxazole rings is 1. The second-order valence-electron chi connectivity index (χ2n) is 5.36. The summed E-state index contributed by atoms with van der Waals surface area (Å²) < 4.78 is 5.93. The van der Waals surface area contributed by atoms with E-state index in [1.165, 1.54) is 24.8 Å². The Bertz CT molecular complexity index is 575. The monoisotopic (exact) mass is 228 g/mol. The highest BCUT2D eigenvalue weighted by Crippen LogP contribution is 2.40. The first-order valence-electron chi connectivity index (χ1n) is 6.43. The van der Waals surface area contributed by atoms with Crippen molar-refractivity contribution in [3.8, 4) is 0 Å². The molecule has 2 fully saturated rings. The van der Waals surface area contributed by atoms with E-state index in [9.17, 15) is 0 Å². The van der Waals surface area contributed by atoms with Crippen LogP contribution in [-0.2, 0) is 0 Å². The van der Waals surface area contributed by atoms with Gasteiger partial charge in [-0.1, -0.05) is 12.1 Å². The van der Waals surface area contributed by atoms with Crippen molar-refractivity contribution in [1.82, 2.24) is 10.3 Å². The van der Waals surface area contributed by atoms with Crippen LogP contribution in [0.1, 0.15) is 36.6 Å². The molecule has 88 valence electrons. The second-order valence-corrected chi connectivity index (χ2v) is 5.36. The van der Waals surface area contributed by atoms with Crippen LogP contribution in [0.25, 0.3) is 11.1 Å². The summed E-state index contributed by atoms with van der Waals surface area (Å²) in [6, 6.07) is 7.42. The standard InChI is InChI=1S/C14H16N2O/c1-8-3-2-4-12-13(8)16-14(17-12)10-7-9-5-6-11(10)15-9/h2-4,9-11,15H,5-7H2,1H3. The van der Waals surface area contributed by atoms with Crippen molar-refractivity contribution in [2.45, 2.75) is 44.2 Å². The van der Waals surface area contributed by atoms with Gasteiger partial charge in [0.15, 0.2) is 11.5 Å². The molecule has 2 aliphatic rings. The summed E-state index contributed by atoms with van der Waals surface area (Å²) in [7, 11) is 0. The second kappa shape index (κ2) is 3.33. The number of hydrogen-bond acceptors (Lipinski definition) is 3. The van der Waals surface area contributed by atoms with Crippen molar-refractivity contribution in [3.05, 3.63) is 29.7 Å². The Morgan fingerprint density at radius 1 is 1.35 bits per heavy atom. The fourth-order valence-electron chi connectivity index (χ4n) is 3.36. The lowest BCUT2D eigenvalue weighted by molar-refractivity contribution is 0.408. The third kappa shape index (κ3) is 1.35. The number of benzene rings is 1. The number of aromatic nitrogens is 1. The minimum absolute atomic E-state index is 0.487. The highest BCUT2D eigenvalue weighted by Gasteiger charge is 2.42. The lowest BCUT2D eigenvalue weighted by atomic mass is 9.89. The molecule has 2 bridgehead atoms. The van der Waals surface area contributed by atoms with Gasteiger partial charge in [-0.2, -0.15) is 0 Å². The first-order chi connectivity index (χ1) is 8.31. The molecule has 2 saturated heterocycles. The molecule has 1 aromatic heterocycles. The van der Waals surface area contributed by atoms with Gasteiger partial charge < -0.3 is 9.73 Å². The molecule has 2 aliphatic heterocycles. The van der Waals surface area contributed by atoms with Gasteiger partial charge in [0.25, 0.3) is 0 Å². The van der Waals surface area contributed by atoms with E-state index >= 15 is 0 Å². The Hall–Kier alpha value is -1.35. The van der Waals surface area contributed by atoms with Crippen LogP contribution in [0, 0.1) is 6.92 Å². The molecule has 17 heavy (non-hydrogen) atoms. The highest BCUT2D eigenvalue weighted by molar-refractivity contribution is 5.76. The smallest absolute Gasteiger partial charge is 0.200 e. The molecule has 3 atom stereocenters. The zero-order valence-electron chi connectivity index (χ0n) is 9.94. The molecule has 1 aromatic carbocycles. The van der Waals surface area contributed by atoms with Crippen LogP contribution in [0.4, 0.5) is 0 Å². The van der Waals surface area contributed by atoms with Gasteiger partial charge in [0.1, 0.15) is 5.52 Å². The lowest BCUT2D eigenvalue weighted by Gasteiger charge is -2.15. The van der Waals surface area contributed by atoms with Crippen LogP contribution >= 0.6 is 0 Å². The van der Waals surface area contributed by atoms with Crippen molar-refractivity contribution in [1.29, 1.82) is 0 Å². The summed E-state index contributed by atoms with van der Waals surface area (Å²) in [6.45, 7) is 2.09. The van der Waals surface area contributed by atoms with E-state index in [0.29, 0.717) is 18.0 Å². The topological polar surface area (TPSA) is 38.1 Å². The fraction of sp³-hybridized carbons (Fsp3) is 0.500. The van der Waals surface area contributed by atoms with E-state index in [1.807, 2.05) is 12.1 Å². The van der Waals surface area contributed by atoms with Crippen LogP contribution in [0.3, 0.4) is 0 Å². The summed E-state index contributed by atoms with van der Waals surface area (Å²) in [5.74, 6) is 1.43. The van der Waals surface area contributed by atoms with Crippen molar-refractivity contribution < 1.29 is 4.42 Å². The predicted octanol–water partition coefficient (Wildman–Crippen LogP) is 2.74. The van der Waals surface area contributed by atoms with Gasteiger partial charge in [0, 0.05) is 12.1 Å². The van der Waals surface area contributed by atoms with Crippen LogP contribution < -0.4 is 5.32 Å². The predicted molar refractivity (Wildman–Crippen MR) is 66.0 cm³/mol. The quantitative estimate of drug-likeness (QED) is 0.815. The minimum atomic E-state index is 0.487. The largest absolute Gasteiger partial charge is 0.440 e. The maximum absolute atomic E-state index is 5.93. The lowest BCUT2D eigenvalue weighted by Crippen LogP contribution is -2.21. The van der Waals surface area contributed by atoms with Crippen molar-refractivity contribution in [2.24, 2.45) is 0 Å². The van der Waals surface area contributed by atoms with E-state index < -0.39 is 0 Å². The van der Waals surface area contributed by atoms with Crippen molar-refractivity contribution >= 4 is 11.1 Å². The van der Waals surface area contributed by atoms with Crippen molar-refractivity contribution in [2.75, 3.05) is 0 Å². The number of nitrogens with zero attached hydrogens (tertiary/aromatic N) is 1. The molecule has 0 amide bonds. The normalized spacial score (nSPS) is 31.5. The summed E-state index contributed by atoms with van der Waals surface area (Å²) in [5, 5.41) is 3.64. The Morgan fingerprint density at radius 3 is 3.00 bits per heavy atom. The maximum Gasteiger partial charge on any atom is 0.200 e. The fourth-order valence-corrected chi connectivity index (χ4v) is 3.36. The summed E-state index contributed by atoms with van der Waals surface area (Å²) in [5.41, 5.74) is 3.17. The highest BCUT2D eigenvalue weighted by atomic mass is 16.3. The number of fused-ring (bicyclic) bond motifs is 3. The Morgan fingerprint density at radius 2 is 2.29 bits per heavy atom. The van der Waals surface area contributed by atoms with Crippen LogP contribution in [0.5, 0.6) is 0 Å². The number of rotatable bonds is 1. The van der Waals surface area contributed by atoms with E-state index in [0.717, 1.165) is 17.0 Å². The van der Waals surface area contributed by atoms with E-state index in [1.54, 1.807) is 0 Å². The van der Waals surface area contributed by atoms with Gasteiger partial charge in [0.2, 0.25) is 0 Å². The summed E-state index contributed by atoms with van der Waals surface area (Å²) in [4.78, 5) is 4.71. The first-order valence-corrected chi connectivity index (χ1v) is 6.43. The first kappa shape index (κ1) is 9.66. The molecule has 0 spiro atoms. The van der Waals surface area contributed by atoms with Gasteiger partial charge in [-0.05, 0) is 37.8 Å². The molecule has 1 N–H and O–H groups in total. The molecule has 3 unspecified atom stereocenters. The molecule has 2 aromatic rings. The molecule has 0 radical (unpaired) electrons. The van der Waals surface area contributed by atoms with Crippen molar-refractivity contribution in [3.63, 3.8) is 0 Å². The van der Waals surface area contributed by atoms with Gasteiger partial charge in [-0.15, -0.1) is 0 Å². The number of aryl methyl sites for hydroxylation is 1. The number of hydrogen-bond donors (Lipinski definition) is 1. The Labute approximate surface area is 100 Å². The zero-order chi connectivity index (χ0) is 11.4. The molecule has 3 nitrogen and oxygen atoms in total. The SMILES string of the molecule is Cc1cccc2oc(C3CC4CCC3N4)nc12. The molecule has 0 saturated carbocycles. The molecular formula is C14H16N2O.